The Kier molecular flexibility index (Phi) is 9.13. The summed E-state index contributed by atoms with van der Waals surface area (Å²) in [6.07, 6.45) is -1.78. The molecule has 0 unspecified atom stereocenters. The Labute approximate surface area is 112 Å². The molecule has 0 spiro atoms. The smallest absolute Gasteiger partial charge is 0.217 e. The number of rotatable bonds is 8. The maximum atomic E-state index is 10.9. The fraction of sp³-hybridized carbons (Fsp3) is 0.909. The van der Waals surface area contributed by atoms with Crippen LogP contribution in [-0.2, 0) is 4.79 Å². The van der Waals surface area contributed by atoms with Crippen LogP contribution in [0.3, 0.4) is 0 Å². The van der Waals surface area contributed by atoms with Crippen LogP contribution in [0, 0.1) is 0 Å². The lowest BCUT2D eigenvalue weighted by Gasteiger charge is -2.29. The van der Waals surface area contributed by atoms with Gasteiger partial charge in [0, 0.05) is 6.92 Å². The molecule has 17 heavy (non-hydrogen) atoms. The number of thioether (sulfide) groups is 2. The lowest BCUT2D eigenvalue weighted by atomic mass is 10.1. The zero-order valence-corrected chi connectivity index (χ0v) is 12.5. The Bertz CT molecular complexity index is 223. The summed E-state index contributed by atoms with van der Waals surface area (Å²) in [5, 5.41) is 22.6. The first-order valence-electron chi connectivity index (χ1n) is 5.80. The lowest BCUT2D eigenvalue weighted by Crippen LogP contribution is -2.48. The van der Waals surface area contributed by atoms with Gasteiger partial charge in [0.15, 0.2) is 0 Å². The molecule has 0 aliphatic carbocycles. The minimum Gasteiger partial charge on any atom is -0.388 e. The first-order chi connectivity index (χ1) is 7.93. The fourth-order valence-electron chi connectivity index (χ4n) is 1.44. The van der Waals surface area contributed by atoms with Gasteiger partial charge in [0.05, 0.1) is 10.6 Å². The molecule has 102 valence electrons. The summed E-state index contributed by atoms with van der Waals surface area (Å²) in [7, 11) is 0. The highest BCUT2D eigenvalue weighted by Gasteiger charge is 2.30. The molecule has 0 bridgehead atoms. The molecule has 0 radical (unpaired) electrons. The van der Waals surface area contributed by atoms with Crippen LogP contribution in [0.2, 0.25) is 0 Å². The molecule has 0 rings (SSSR count). The van der Waals surface area contributed by atoms with Crippen LogP contribution in [0.15, 0.2) is 0 Å². The van der Waals surface area contributed by atoms with Gasteiger partial charge in [-0.3, -0.25) is 4.79 Å². The van der Waals surface area contributed by atoms with Crippen molar-refractivity contribution in [1.82, 2.24) is 5.32 Å². The van der Waals surface area contributed by atoms with Gasteiger partial charge in [-0.2, -0.15) is 0 Å². The first kappa shape index (κ1) is 17.1. The molecule has 0 aliphatic rings. The van der Waals surface area contributed by atoms with Crippen molar-refractivity contribution in [2.24, 2.45) is 0 Å². The van der Waals surface area contributed by atoms with Crippen LogP contribution in [0.1, 0.15) is 27.7 Å². The van der Waals surface area contributed by atoms with Crippen LogP contribution in [0.25, 0.3) is 0 Å². The number of hydrogen-bond acceptors (Lipinski definition) is 5. The Morgan fingerprint density at radius 3 is 2.00 bits per heavy atom. The van der Waals surface area contributed by atoms with E-state index in [1.165, 1.54) is 6.92 Å². The summed E-state index contributed by atoms with van der Waals surface area (Å²) in [6, 6.07) is -0.445. The van der Waals surface area contributed by atoms with Crippen molar-refractivity contribution in [1.29, 1.82) is 0 Å². The van der Waals surface area contributed by atoms with Crippen LogP contribution in [0.5, 0.6) is 0 Å². The van der Waals surface area contributed by atoms with E-state index in [4.69, 9.17) is 0 Å². The minimum absolute atomic E-state index is 0.0591. The van der Waals surface area contributed by atoms with E-state index in [0.717, 1.165) is 11.5 Å². The standard InChI is InChI=1S/C11H23NO3S2/c1-5-16-11(17-6-2)10(15)9(14)7(3)12-8(4)13/h7,9-11,14-15H,5-6H2,1-4H3,(H,12,13)/t7-,9+,10-/m1/s1. The maximum Gasteiger partial charge on any atom is 0.217 e. The Morgan fingerprint density at radius 2 is 1.65 bits per heavy atom. The highest BCUT2D eigenvalue weighted by Crippen LogP contribution is 2.28. The van der Waals surface area contributed by atoms with Gasteiger partial charge in [-0.15, -0.1) is 23.5 Å². The predicted molar refractivity (Wildman–Crippen MR) is 75.3 cm³/mol. The van der Waals surface area contributed by atoms with Crippen molar-refractivity contribution < 1.29 is 15.0 Å². The molecule has 0 aromatic heterocycles. The molecule has 0 fully saturated rings. The van der Waals surface area contributed by atoms with Gasteiger partial charge in [0.25, 0.3) is 0 Å². The molecule has 0 aliphatic heterocycles. The highest BCUT2D eigenvalue weighted by molar-refractivity contribution is 8.17. The van der Waals surface area contributed by atoms with Crippen LogP contribution >= 0.6 is 23.5 Å². The zero-order chi connectivity index (χ0) is 13.4. The molecule has 0 aromatic rings. The van der Waals surface area contributed by atoms with E-state index in [1.807, 2.05) is 13.8 Å². The summed E-state index contributed by atoms with van der Waals surface area (Å²) in [5.74, 6) is 1.57. The Hall–Kier alpha value is 0.0900. The van der Waals surface area contributed by atoms with E-state index in [9.17, 15) is 15.0 Å². The van der Waals surface area contributed by atoms with Crippen molar-refractivity contribution in [3.8, 4) is 0 Å². The van der Waals surface area contributed by atoms with Gasteiger partial charge in [-0.05, 0) is 18.4 Å². The second-order valence-corrected chi connectivity index (χ2v) is 6.88. The van der Waals surface area contributed by atoms with Gasteiger partial charge in [0.2, 0.25) is 5.91 Å². The van der Waals surface area contributed by atoms with Gasteiger partial charge in [0.1, 0.15) is 12.2 Å². The quantitative estimate of drug-likeness (QED) is 0.581. The number of nitrogens with one attached hydrogen (secondary N) is 1. The third kappa shape index (κ3) is 6.55. The molecule has 0 heterocycles. The number of aliphatic hydroxyl groups excluding tert-OH is 2. The Balaban J connectivity index is 4.40. The number of carbonyl (C=O) groups is 1. The third-order valence-corrected chi connectivity index (χ3v) is 4.93. The fourth-order valence-corrected chi connectivity index (χ4v) is 4.01. The van der Waals surface area contributed by atoms with Crippen LogP contribution in [0.4, 0.5) is 0 Å². The van der Waals surface area contributed by atoms with Gasteiger partial charge in [-0.1, -0.05) is 13.8 Å². The van der Waals surface area contributed by atoms with E-state index in [-0.39, 0.29) is 10.5 Å². The summed E-state index contributed by atoms with van der Waals surface area (Å²) in [6.45, 7) is 7.13. The van der Waals surface area contributed by atoms with E-state index in [2.05, 4.69) is 5.32 Å². The maximum absolute atomic E-state index is 10.9. The van der Waals surface area contributed by atoms with Gasteiger partial charge >= 0.3 is 0 Å². The SMILES string of the molecule is CCSC(SCC)[C@H](O)[C@@H](O)[C@@H](C)NC(C)=O. The van der Waals surface area contributed by atoms with E-state index in [1.54, 1.807) is 30.4 Å². The first-order valence-corrected chi connectivity index (χ1v) is 7.90. The molecule has 3 N–H and O–H groups in total. The predicted octanol–water partition coefficient (Wildman–Crippen LogP) is 1.07. The van der Waals surface area contributed by atoms with Crippen molar-refractivity contribution in [3.05, 3.63) is 0 Å². The Morgan fingerprint density at radius 1 is 1.18 bits per heavy atom. The molecule has 6 heteroatoms. The number of aliphatic hydroxyl groups is 2. The summed E-state index contributed by atoms with van der Waals surface area (Å²) in [5.41, 5.74) is 0. The molecule has 4 nitrogen and oxygen atoms in total. The average Bonchev–Trinajstić information content (AvgIpc) is 2.26. The van der Waals surface area contributed by atoms with Crippen molar-refractivity contribution in [2.75, 3.05) is 11.5 Å². The monoisotopic (exact) mass is 281 g/mol. The number of amides is 1. The molecular weight excluding hydrogens is 258 g/mol. The van der Waals surface area contributed by atoms with E-state index >= 15 is 0 Å². The van der Waals surface area contributed by atoms with E-state index < -0.39 is 18.2 Å². The molecule has 0 aromatic carbocycles. The zero-order valence-electron chi connectivity index (χ0n) is 10.8. The molecule has 1 amide bonds. The van der Waals surface area contributed by atoms with E-state index in [0.29, 0.717) is 0 Å². The molecule has 0 saturated carbocycles. The third-order valence-electron chi connectivity index (χ3n) is 2.23. The summed E-state index contributed by atoms with van der Waals surface area (Å²) < 4.78 is -0.0591. The van der Waals surface area contributed by atoms with Crippen LogP contribution < -0.4 is 5.32 Å². The topological polar surface area (TPSA) is 69.6 Å². The average molecular weight is 281 g/mol. The molecular formula is C11H23NO3S2. The normalized spacial score (nSPS) is 16.6. The second-order valence-electron chi connectivity index (χ2n) is 3.75. The molecule has 0 saturated heterocycles. The number of carbonyl (C=O) groups excluding carboxylic acids is 1. The summed E-state index contributed by atoms with van der Waals surface area (Å²) >= 11 is 3.23. The summed E-state index contributed by atoms with van der Waals surface area (Å²) in [4.78, 5) is 10.9. The van der Waals surface area contributed by atoms with Gasteiger partial charge < -0.3 is 15.5 Å². The minimum atomic E-state index is -0.943. The number of hydrogen-bond donors (Lipinski definition) is 3. The van der Waals surface area contributed by atoms with Crippen molar-refractivity contribution >= 4 is 29.4 Å². The molecule has 3 atom stereocenters. The van der Waals surface area contributed by atoms with Crippen LogP contribution in [-0.4, -0.2) is 50.5 Å². The highest BCUT2D eigenvalue weighted by atomic mass is 32.2. The van der Waals surface area contributed by atoms with Gasteiger partial charge in [-0.25, -0.2) is 0 Å². The van der Waals surface area contributed by atoms with Crippen molar-refractivity contribution in [2.45, 2.75) is 50.5 Å². The second kappa shape index (κ2) is 9.08. The largest absolute Gasteiger partial charge is 0.388 e. The lowest BCUT2D eigenvalue weighted by molar-refractivity contribution is -0.120. The van der Waals surface area contributed by atoms with Crippen molar-refractivity contribution in [3.63, 3.8) is 0 Å².